The number of carbonyl (C=O) groups is 1. The maximum atomic E-state index is 12.4. The van der Waals surface area contributed by atoms with Crippen LogP contribution in [0.25, 0.3) is 0 Å². The zero-order valence-corrected chi connectivity index (χ0v) is 14.1. The lowest BCUT2D eigenvalue weighted by Crippen LogP contribution is -2.58. The number of Topliss-reactive ketones (excluding diaryl/α,β-unsaturated/α-hetero) is 1. The molecule has 3 rings (SSSR count). The molecule has 0 aliphatic carbocycles. The summed E-state index contributed by atoms with van der Waals surface area (Å²) in [5.41, 5.74) is 1.79. The van der Waals surface area contributed by atoms with Gasteiger partial charge in [0.15, 0.2) is 5.78 Å². The second-order valence-electron chi connectivity index (χ2n) is 5.56. The van der Waals surface area contributed by atoms with Crippen molar-refractivity contribution in [2.75, 3.05) is 13.1 Å². The largest absolute Gasteiger partial charge is 0.508 e. The first kappa shape index (κ1) is 19.1. The molecule has 1 aromatic carbocycles. The Morgan fingerprint density at radius 3 is 2.48 bits per heavy atom. The van der Waals surface area contributed by atoms with Gasteiger partial charge in [-0.25, -0.2) is 0 Å². The van der Waals surface area contributed by atoms with Crippen LogP contribution in [0.5, 0.6) is 5.75 Å². The summed E-state index contributed by atoms with van der Waals surface area (Å²) in [6.07, 6.45) is 6.03. The summed E-state index contributed by atoms with van der Waals surface area (Å²) in [5.74, 6) is 1.04. The van der Waals surface area contributed by atoms with Crippen molar-refractivity contribution in [1.29, 1.82) is 0 Å². The first-order chi connectivity index (χ1) is 11.6. The minimum Gasteiger partial charge on any atom is -0.508 e. The van der Waals surface area contributed by atoms with Crippen LogP contribution in [-0.4, -0.2) is 39.4 Å². The summed E-state index contributed by atoms with van der Waals surface area (Å²) in [4.78, 5) is 18.9. The van der Waals surface area contributed by atoms with Gasteiger partial charge in [-0.15, -0.1) is 0 Å². The molecule has 0 bridgehead atoms. The fraction of sp³-hybridized carbons (Fsp3) is 0.250. The van der Waals surface area contributed by atoms with Gasteiger partial charge in [-0.3, -0.25) is 9.79 Å². The van der Waals surface area contributed by atoms with E-state index in [1.54, 1.807) is 12.1 Å². The number of phenols is 1. The number of amidine groups is 1. The van der Waals surface area contributed by atoms with Crippen LogP contribution in [0.2, 0.25) is 0 Å². The molecule has 0 saturated heterocycles. The zero-order valence-electron chi connectivity index (χ0n) is 13.3. The third kappa shape index (κ3) is 5.96. The SMILES string of the molecule is CC1=CC2=NCC(C(=O)c3ccc(O)cc3)CN2C=C1.[O-][Cl+3]([O-])([O-])O. The van der Waals surface area contributed by atoms with E-state index in [2.05, 4.69) is 4.99 Å². The van der Waals surface area contributed by atoms with Crippen LogP contribution in [0.4, 0.5) is 0 Å². The molecule has 0 spiro atoms. The smallest absolute Gasteiger partial charge is 0.169 e. The van der Waals surface area contributed by atoms with Crippen molar-refractivity contribution in [3.63, 3.8) is 0 Å². The maximum absolute atomic E-state index is 12.4. The number of aliphatic imine (C=N–C) groups is 1. The quantitative estimate of drug-likeness (QED) is 0.589. The van der Waals surface area contributed by atoms with E-state index < -0.39 is 10.2 Å². The lowest BCUT2D eigenvalue weighted by molar-refractivity contribution is -1.92. The summed E-state index contributed by atoms with van der Waals surface area (Å²) in [6, 6.07) is 6.40. The number of carbonyl (C=O) groups excluding carboxylic acids is 1. The van der Waals surface area contributed by atoms with Crippen LogP contribution < -0.4 is 14.0 Å². The van der Waals surface area contributed by atoms with Crippen molar-refractivity contribution in [1.82, 2.24) is 4.90 Å². The molecular formula is C16H17ClN2O6. The van der Waals surface area contributed by atoms with Crippen LogP contribution in [0.3, 0.4) is 0 Å². The van der Waals surface area contributed by atoms with Gasteiger partial charge in [0, 0.05) is 18.3 Å². The molecular weight excluding hydrogens is 352 g/mol. The second kappa shape index (κ2) is 7.77. The number of hydrogen-bond donors (Lipinski definition) is 2. The number of benzene rings is 1. The van der Waals surface area contributed by atoms with E-state index in [0.717, 1.165) is 5.84 Å². The zero-order chi connectivity index (χ0) is 18.6. The van der Waals surface area contributed by atoms with E-state index in [-0.39, 0.29) is 17.5 Å². The first-order valence-electron chi connectivity index (χ1n) is 7.27. The van der Waals surface area contributed by atoms with Crippen LogP contribution in [0.1, 0.15) is 17.3 Å². The molecule has 1 unspecified atom stereocenters. The van der Waals surface area contributed by atoms with Crippen molar-refractivity contribution >= 4 is 11.6 Å². The summed E-state index contributed by atoms with van der Waals surface area (Å²) < 4.78 is 32.7. The maximum Gasteiger partial charge on any atom is 0.169 e. The van der Waals surface area contributed by atoms with Gasteiger partial charge in [-0.05, 0) is 48.9 Å². The number of nitrogens with zero attached hydrogens (tertiary/aromatic N) is 2. The summed E-state index contributed by atoms with van der Waals surface area (Å²) in [6.45, 7) is 3.20. The molecule has 2 aliphatic heterocycles. The average Bonchev–Trinajstić information content (AvgIpc) is 2.53. The molecule has 0 radical (unpaired) electrons. The number of aromatic hydroxyl groups is 1. The number of halogens is 1. The molecule has 0 saturated carbocycles. The molecule has 2 aliphatic rings. The molecule has 9 heteroatoms. The normalized spacial score (nSPS) is 19.2. The topological polar surface area (TPSA) is 142 Å². The van der Waals surface area contributed by atoms with Crippen LogP contribution >= 0.6 is 0 Å². The molecule has 1 atom stereocenters. The van der Waals surface area contributed by atoms with E-state index in [4.69, 9.17) is 18.6 Å². The average molecular weight is 369 g/mol. The fourth-order valence-corrected chi connectivity index (χ4v) is 2.44. The van der Waals surface area contributed by atoms with Gasteiger partial charge in [0.25, 0.3) is 0 Å². The third-order valence-corrected chi connectivity index (χ3v) is 3.58. The van der Waals surface area contributed by atoms with Crippen molar-refractivity contribution < 1.29 is 38.8 Å². The van der Waals surface area contributed by atoms with E-state index in [1.807, 2.05) is 30.2 Å². The Morgan fingerprint density at radius 1 is 1.28 bits per heavy atom. The summed E-state index contributed by atoms with van der Waals surface area (Å²) >= 11 is 0. The Morgan fingerprint density at radius 2 is 1.88 bits per heavy atom. The second-order valence-corrected chi connectivity index (χ2v) is 6.35. The Labute approximate surface area is 146 Å². The van der Waals surface area contributed by atoms with Gasteiger partial charge < -0.3 is 10.0 Å². The van der Waals surface area contributed by atoms with Gasteiger partial charge in [-0.2, -0.15) is 14.0 Å². The van der Waals surface area contributed by atoms with Gasteiger partial charge in [0.05, 0.1) is 27.4 Å². The fourth-order valence-electron chi connectivity index (χ4n) is 2.44. The van der Waals surface area contributed by atoms with Crippen LogP contribution in [0.15, 0.2) is 53.2 Å². The Kier molecular flexibility index (Phi) is 5.93. The molecule has 0 amide bonds. The molecule has 134 valence electrons. The number of rotatable bonds is 2. The van der Waals surface area contributed by atoms with E-state index >= 15 is 0 Å². The standard InChI is InChI=1S/C16H16N2O2.ClHO4/c1-11-6-7-18-10-13(9-17-15(18)8-11)16(20)12-2-4-14(19)5-3-12;2-1(3,4)5/h2-8,13,19H,9-10H2,1H3;(H,2,3,4,5). The molecule has 8 nitrogen and oxygen atoms in total. The Balaban J connectivity index is 0.000000399. The highest BCUT2D eigenvalue weighted by Crippen LogP contribution is 2.21. The van der Waals surface area contributed by atoms with Crippen LogP contribution in [0, 0.1) is 16.2 Å². The monoisotopic (exact) mass is 368 g/mol. The predicted molar refractivity (Wildman–Crippen MR) is 80.1 cm³/mol. The first-order valence-corrected chi connectivity index (χ1v) is 8.54. The number of fused-ring (bicyclic) bond motifs is 1. The summed E-state index contributed by atoms with van der Waals surface area (Å²) in [7, 11) is -4.69. The Bertz CT molecular complexity index is 715. The highest BCUT2D eigenvalue weighted by Gasteiger charge is 2.27. The molecule has 2 heterocycles. The molecule has 2 N–H and O–H groups in total. The molecule has 0 fully saturated rings. The van der Waals surface area contributed by atoms with Crippen molar-refractivity contribution in [3.8, 4) is 5.75 Å². The van der Waals surface area contributed by atoms with Crippen LogP contribution in [-0.2, 0) is 0 Å². The van der Waals surface area contributed by atoms with Gasteiger partial charge in [0.2, 0.25) is 0 Å². The molecule has 25 heavy (non-hydrogen) atoms. The van der Waals surface area contributed by atoms with Gasteiger partial charge in [-0.1, -0.05) is 0 Å². The van der Waals surface area contributed by atoms with Crippen molar-refractivity contribution in [3.05, 3.63) is 53.8 Å². The minimum absolute atomic E-state index is 0.0764. The lowest BCUT2D eigenvalue weighted by atomic mass is 9.95. The number of ketones is 1. The number of phenolic OH excluding ortho intramolecular Hbond substituents is 1. The van der Waals surface area contributed by atoms with Crippen molar-refractivity contribution in [2.45, 2.75) is 6.92 Å². The van der Waals surface area contributed by atoms with E-state index in [0.29, 0.717) is 18.7 Å². The highest BCUT2D eigenvalue weighted by molar-refractivity contribution is 6.01. The predicted octanol–water partition coefficient (Wildman–Crippen LogP) is -1.75. The number of hydrogen-bond acceptors (Lipinski definition) is 8. The van der Waals surface area contributed by atoms with Crippen molar-refractivity contribution in [2.24, 2.45) is 10.9 Å². The summed E-state index contributed by atoms with van der Waals surface area (Å²) in [5, 5.41) is 9.27. The van der Waals surface area contributed by atoms with E-state index in [1.165, 1.54) is 17.7 Å². The number of allylic oxidation sites excluding steroid dienone is 2. The molecule has 0 aromatic heterocycles. The molecule has 1 aromatic rings. The Hall–Kier alpha value is -2.23. The lowest BCUT2D eigenvalue weighted by Gasteiger charge is -2.31. The van der Waals surface area contributed by atoms with E-state index in [9.17, 15) is 9.90 Å². The van der Waals surface area contributed by atoms with Gasteiger partial charge >= 0.3 is 0 Å². The third-order valence-electron chi connectivity index (χ3n) is 3.58. The minimum atomic E-state index is -4.69. The van der Waals surface area contributed by atoms with Gasteiger partial charge in [0.1, 0.15) is 11.6 Å². The highest BCUT2D eigenvalue weighted by atomic mass is 35.7.